The fourth-order valence-corrected chi connectivity index (χ4v) is 3.03. The molecule has 0 aliphatic rings. The monoisotopic (exact) mass is 403 g/mol. The van der Waals surface area contributed by atoms with E-state index in [0.717, 1.165) is 23.4 Å². The largest absolute Gasteiger partial charge is 0.465 e. The highest BCUT2D eigenvalue weighted by atomic mass is 35.5. The zero-order valence-corrected chi connectivity index (χ0v) is 17.7. The van der Waals surface area contributed by atoms with E-state index in [1.165, 1.54) is 13.2 Å². The first kappa shape index (κ1) is 21.7. The Kier molecular flexibility index (Phi) is 7.40. The molecule has 7 heteroatoms. The quantitative estimate of drug-likeness (QED) is 0.518. The molecule has 2 aromatic rings. The molecule has 0 N–H and O–H groups in total. The van der Waals surface area contributed by atoms with E-state index in [9.17, 15) is 9.59 Å². The summed E-state index contributed by atoms with van der Waals surface area (Å²) >= 11 is 6.41. The minimum atomic E-state index is -0.385. The fraction of sp³-hybridized carbons (Fsp3) is 0.381. The van der Waals surface area contributed by atoms with Crippen LogP contribution in [0.25, 0.3) is 6.08 Å². The molecular formula is C21H26ClN3O3. The average molecular weight is 404 g/mol. The lowest BCUT2D eigenvalue weighted by Gasteiger charge is -2.15. The first-order valence-corrected chi connectivity index (χ1v) is 9.44. The highest BCUT2D eigenvalue weighted by molar-refractivity contribution is 6.31. The molecule has 2 rings (SSSR count). The molecule has 0 aliphatic heterocycles. The van der Waals surface area contributed by atoms with Crippen molar-refractivity contribution in [2.45, 2.75) is 33.9 Å². The molecule has 0 atom stereocenters. The van der Waals surface area contributed by atoms with Gasteiger partial charge in [-0.15, -0.1) is 0 Å². The number of carbonyl (C=O) groups excluding carboxylic acids is 2. The number of likely N-dealkylation sites (N-methyl/N-ethyl adjacent to an activating group) is 1. The van der Waals surface area contributed by atoms with Gasteiger partial charge in [-0.25, -0.2) is 4.79 Å². The van der Waals surface area contributed by atoms with Gasteiger partial charge in [0.25, 0.3) is 0 Å². The van der Waals surface area contributed by atoms with Crippen LogP contribution in [-0.4, -0.2) is 40.7 Å². The number of benzene rings is 1. The normalized spacial score (nSPS) is 11.2. The van der Waals surface area contributed by atoms with E-state index >= 15 is 0 Å². The summed E-state index contributed by atoms with van der Waals surface area (Å²) in [5, 5.41) is 4.98. The zero-order chi connectivity index (χ0) is 20.8. The maximum absolute atomic E-state index is 12.4. The molecule has 1 aromatic carbocycles. The number of ether oxygens (including phenoxy) is 1. The van der Waals surface area contributed by atoms with Crippen LogP contribution in [0.5, 0.6) is 0 Å². The van der Waals surface area contributed by atoms with E-state index in [2.05, 4.69) is 23.7 Å². The molecule has 0 radical (unpaired) electrons. The van der Waals surface area contributed by atoms with Crippen LogP contribution in [0.2, 0.25) is 5.15 Å². The van der Waals surface area contributed by atoms with Crippen molar-refractivity contribution in [3.63, 3.8) is 0 Å². The Balaban J connectivity index is 2.04. The Morgan fingerprint density at radius 3 is 2.50 bits per heavy atom. The summed E-state index contributed by atoms with van der Waals surface area (Å²) in [7, 11) is 3.06. The van der Waals surface area contributed by atoms with Gasteiger partial charge in [-0.1, -0.05) is 37.6 Å². The lowest BCUT2D eigenvalue weighted by Crippen LogP contribution is -2.24. The topological polar surface area (TPSA) is 64.4 Å². The number of methoxy groups -OCH3 is 1. The third-order valence-electron chi connectivity index (χ3n) is 4.21. The number of hydrogen-bond acceptors (Lipinski definition) is 4. The maximum atomic E-state index is 12.4. The molecule has 0 unspecified atom stereocenters. The third kappa shape index (κ3) is 5.45. The van der Waals surface area contributed by atoms with Gasteiger partial charge in [-0.3, -0.25) is 9.48 Å². The fourth-order valence-electron chi connectivity index (χ4n) is 2.72. The van der Waals surface area contributed by atoms with Gasteiger partial charge in [0.1, 0.15) is 5.15 Å². The second-order valence-corrected chi connectivity index (χ2v) is 7.44. The Morgan fingerprint density at radius 1 is 1.29 bits per heavy atom. The first-order chi connectivity index (χ1) is 13.2. The summed E-state index contributed by atoms with van der Waals surface area (Å²) in [6.45, 7) is 7.21. The van der Waals surface area contributed by atoms with E-state index < -0.39 is 0 Å². The summed E-state index contributed by atoms with van der Waals surface area (Å²) in [6, 6.07) is 6.97. The van der Waals surface area contributed by atoms with Gasteiger partial charge in [-0.05, 0) is 36.6 Å². The third-order valence-corrected chi connectivity index (χ3v) is 4.61. The molecule has 1 amide bonds. The number of amides is 1. The number of hydrogen-bond donors (Lipinski definition) is 0. The number of halogens is 1. The Bertz CT molecular complexity index is 870. The number of aryl methyl sites for hydroxylation is 1. The minimum Gasteiger partial charge on any atom is -0.465 e. The van der Waals surface area contributed by atoms with Gasteiger partial charge in [0.15, 0.2) is 0 Å². The number of aromatic nitrogens is 2. The van der Waals surface area contributed by atoms with Crippen molar-refractivity contribution in [1.82, 2.24) is 14.7 Å². The maximum Gasteiger partial charge on any atom is 0.337 e. The first-order valence-electron chi connectivity index (χ1n) is 9.06. The van der Waals surface area contributed by atoms with Crippen LogP contribution in [0.4, 0.5) is 0 Å². The van der Waals surface area contributed by atoms with Crippen molar-refractivity contribution in [2.24, 2.45) is 5.92 Å². The van der Waals surface area contributed by atoms with Crippen LogP contribution >= 0.6 is 11.6 Å². The van der Waals surface area contributed by atoms with Crippen LogP contribution in [-0.2, 0) is 22.6 Å². The predicted molar refractivity (Wildman–Crippen MR) is 110 cm³/mol. The van der Waals surface area contributed by atoms with Gasteiger partial charge < -0.3 is 9.64 Å². The number of nitrogens with zero attached hydrogens (tertiary/aromatic N) is 3. The molecule has 0 fully saturated rings. The number of rotatable bonds is 7. The van der Waals surface area contributed by atoms with Crippen LogP contribution in [0, 0.1) is 12.8 Å². The summed E-state index contributed by atoms with van der Waals surface area (Å²) < 4.78 is 6.44. The molecule has 1 aromatic heterocycles. The SMILES string of the molecule is COC(=O)c1ccc(CN(C)C(=O)/C=C/c2c(C)nn(CC(C)C)c2Cl)cc1. The molecule has 0 saturated carbocycles. The van der Waals surface area contributed by atoms with Gasteiger partial charge in [0, 0.05) is 31.8 Å². The van der Waals surface area contributed by atoms with Gasteiger partial charge in [0.05, 0.1) is 18.4 Å². The summed E-state index contributed by atoms with van der Waals surface area (Å²) in [6.07, 6.45) is 3.21. The van der Waals surface area contributed by atoms with Crippen molar-refractivity contribution < 1.29 is 14.3 Å². The Hall–Kier alpha value is -2.60. The minimum absolute atomic E-state index is 0.149. The lowest BCUT2D eigenvalue weighted by molar-refractivity contribution is -0.125. The highest BCUT2D eigenvalue weighted by Crippen LogP contribution is 2.22. The molecule has 0 aliphatic carbocycles. The molecule has 0 bridgehead atoms. The molecule has 6 nitrogen and oxygen atoms in total. The van der Waals surface area contributed by atoms with E-state index in [-0.39, 0.29) is 11.9 Å². The molecule has 0 spiro atoms. The van der Waals surface area contributed by atoms with Gasteiger partial charge >= 0.3 is 5.97 Å². The number of carbonyl (C=O) groups is 2. The zero-order valence-electron chi connectivity index (χ0n) is 16.9. The van der Waals surface area contributed by atoms with Crippen LogP contribution < -0.4 is 0 Å². The van der Waals surface area contributed by atoms with E-state index in [4.69, 9.17) is 11.6 Å². The predicted octanol–water partition coefficient (Wildman–Crippen LogP) is 3.96. The van der Waals surface area contributed by atoms with Crippen molar-refractivity contribution in [2.75, 3.05) is 14.2 Å². The van der Waals surface area contributed by atoms with Crippen LogP contribution in [0.3, 0.4) is 0 Å². The van der Waals surface area contributed by atoms with E-state index in [0.29, 0.717) is 23.2 Å². The molecule has 150 valence electrons. The van der Waals surface area contributed by atoms with E-state index in [1.807, 2.05) is 6.92 Å². The van der Waals surface area contributed by atoms with Crippen LogP contribution in [0.15, 0.2) is 30.3 Å². The summed E-state index contributed by atoms with van der Waals surface area (Å²) in [5.41, 5.74) is 2.93. The molecule has 28 heavy (non-hydrogen) atoms. The number of esters is 1. The summed E-state index contributed by atoms with van der Waals surface area (Å²) in [4.78, 5) is 25.5. The molecule has 0 saturated heterocycles. The second kappa shape index (κ2) is 9.55. The average Bonchev–Trinajstić information content (AvgIpc) is 2.92. The van der Waals surface area contributed by atoms with Gasteiger partial charge in [0.2, 0.25) is 5.91 Å². The van der Waals surface area contributed by atoms with E-state index in [1.54, 1.807) is 47.0 Å². The van der Waals surface area contributed by atoms with Crippen molar-refractivity contribution in [3.8, 4) is 0 Å². The van der Waals surface area contributed by atoms with Crippen molar-refractivity contribution in [1.29, 1.82) is 0 Å². The molecular weight excluding hydrogens is 378 g/mol. The van der Waals surface area contributed by atoms with Gasteiger partial charge in [-0.2, -0.15) is 5.10 Å². The standard InChI is InChI=1S/C21H26ClN3O3/c1-14(2)12-25-20(22)18(15(3)23-25)10-11-19(26)24(4)13-16-6-8-17(9-7-16)21(27)28-5/h6-11,14H,12-13H2,1-5H3/b11-10+. The Labute approximate surface area is 170 Å². The second-order valence-electron chi connectivity index (χ2n) is 7.08. The van der Waals surface area contributed by atoms with Crippen molar-refractivity contribution >= 4 is 29.6 Å². The smallest absolute Gasteiger partial charge is 0.337 e. The van der Waals surface area contributed by atoms with Crippen molar-refractivity contribution in [3.05, 3.63) is 57.9 Å². The van der Waals surface area contributed by atoms with Crippen LogP contribution in [0.1, 0.15) is 41.0 Å². The highest BCUT2D eigenvalue weighted by Gasteiger charge is 2.13. The summed E-state index contributed by atoms with van der Waals surface area (Å²) in [5.74, 6) is -0.111. The Morgan fingerprint density at radius 2 is 1.93 bits per heavy atom. The molecule has 1 heterocycles. The lowest BCUT2D eigenvalue weighted by atomic mass is 10.1.